The van der Waals surface area contributed by atoms with E-state index in [1.165, 1.54) is 10.9 Å². The summed E-state index contributed by atoms with van der Waals surface area (Å²) in [6, 6.07) is 12.7. The molecule has 10 heteroatoms. The first kappa shape index (κ1) is 23.0. The van der Waals surface area contributed by atoms with Gasteiger partial charge in [-0.3, -0.25) is 19.0 Å². The number of furan rings is 1. The number of fused-ring (bicyclic) bond motifs is 1. The maximum absolute atomic E-state index is 13.6. The highest BCUT2D eigenvalue weighted by Crippen LogP contribution is 2.30. The quantitative estimate of drug-likeness (QED) is 0.379. The van der Waals surface area contributed by atoms with E-state index in [0.717, 1.165) is 17.0 Å². The smallest absolute Gasteiger partial charge is 0.274 e. The molecule has 0 fully saturated rings. The summed E-state index contributed by atoms with van der Waals surface area (Å²) >= 11 is 0. The van der Waals surface area contributed by atoms with Crippen molar-refractivity contribution < 1.29 is 14.0 Å². The van der Waals surface area contributed by atoms with E-state index in [-0.39, 0.29) is 18.1 Å². The summed E-state index contributed by atoms with van der Waals surface area (Å²) in [4.78, 5) is 31.2. The van der Waals surface area contributed by atoms with Crippen LogP contribution in [0, 0.1) is 13.8 Å². The molecule has 5 aromatic rings. The molecule has 0 aliphatic rings. The van der Waals surface area contributed by atoms with Gasteiger partial charge in [0.25, 0.3) is 11.8 Å². The van der Waals surface area contributed by atoms with Gasteiger partial charge in [-0.1, -0.05) is 18.2 Å². The number of rotatable bonds is 6. The molecule has 1 aromatic carbocycles. The first-order valence-corrected chi connectivity index (χ1v) is 11.4. The summed E-state index contributed by atoms with van der Waals surface area (Å²) in [7, 11) is 3.56. The second kappa shape index (κ2) is 9.14. The van der Waals surface area contributed by atoms with Crippen LogP contribution in [-0.4, -0.2) is 36.4 Å². The van der Waals surface area contributed by atoms with E-state index in [1.807, 2.05) is 45.2 Å². The summed E-state index contributed by atoms with van der Waals surface area (Å²) in [6.07, 6.45) is 3.13. The lowest BCUT2D eigenvalue weighted by molar-refractivity contribution is 0.0943. The molecule has 0 unspecified atom stereocenters. The fourth-order valence-corrected chi connectivity index (χ4v) is 4.24. The number of amides is 2. The van der Waals surface area contributed by atoms with Crippen LogP contribution in [0.3, 0.4) is 0 Å². The van der Waals surface area contributed by atoms with Gasteiger partial charge in [-0.15, -0.1) is 0 Å². The molecule has 10 nitrogen and oxygen atoms in total. The maximum atomic E-state index is 13.6. The third kappa shape index (κ3) is 4.24. The molecule has 182 valence electrons. The van der Waals surface area contributed by atoms with Crippen LogP contribution >= 0.6 is 0 Å². The van der Waals surface area contributed by atoms with Crippen molar-refractivity contribution in [3.05, 3.63) is 83.3 Å². The number of aromatic nitrogens is 5. The minimum atomic E-state index is -0.427. The van der Waals surface area contributed by atoms with Gasteiger partial charge in [0.1, 0.15) is 5.76 Å². The van der Waals surface area contributed by atoms with Gasteiger partial charge in [0, 0.05) is 36.9 Å². The number of anilines is 1. The van der Waals surface area contributed by atoms with Crippen LogP contribution in [0.1, 0.15) is 38.0 Å². The lowest BCUT2D eigenvalue weighted by Gasteiger charge is -2.11. The average molecular weight is 484 g/mol. The maximum Gasteiger partial charge on any atom is 0.274 e. The van der Waals surface area contributed by atoms with Crippen molar-refractivity contribution in [2.45, 2.75) is 20.4 Å². The zero-order valence-electron chi connectivity index (χ0n) is 20.4. The molecule has 0 aliphatic carbocycles. The van der Waals surface area contributed by atoms with Crippen LogP contribution < -0.4 is 10.6 Å². The molecule has 0 spiro atoms. The Morgan fingerprint density at radius 2 is 1.83 bits per heavy atom. The molecule has 2 N–H and O–H groups in total. The Hall–Kier alpha value is -4.73. The molecule has 5 rings (SSSR count). The second-order valence-electron chi connectivity index (χ2n) is 8.52. The Bertz CT molecular complexity index is 1600. The van der Waals surface area contributed by atoms with E-state index in [1.54, 1.807) is 36.1 Å². The molecule has 4 aromatic heterocycles. The number of carbonyl (C=O) groups is 2. The predicted octanol–water partition coefficient (Wildman–Crippen LogP) is 3.76. The van der Waals surface area contributed by atoms with Gasteiger partial charge in [-0.25, -0.2) is 4.98 Å². The molecule has 0 saturated carbocycles. The molecular formula is C26H25N7O3. The summed E-state index contributed by atoms with van der Waals surface area (Å²) in [5, 5.41) is 15.1. The van der Waals surface area contributed by atoms with Crippen molar-refractivity contribution in [3.63, 3.8) is 0 Å². The number of pyridine rings is 1. The Balaban J connectivity index is 1.49. The summed E-state index contributed by atoms with van der Waals surface area (Å²) in [5.41, 5.74) is 4.84. The van der Waals surface area contributed by atoms with E-state index in [4.69, 9.17) is 9.40 Å². The molecule has 4 heterocycles. The lowest BCUT2D eigenvalue weighted by Crippen LogP contribution is -2.25. The third-order valence-electron chi connectivity index (χ3n) is 6.02. The van der Waals surface area contributed by atoms with Crippen molar-refractivity contribution in [2.24, 2.45) is 14.1 Å². The van der Waals surface area contributed by atoms with Gasteiger partial charge < -0.3 is 15.1 Å². The number of aryl methyl sites for hydroxylation is 3. The second-order valence-corrected chi connectivity index (χ2v) is 8.52. The topological polar surface area (TPSA) is 120 Å². The first-order valence-electron chi connectivity index (χ1n) is 11.4. The van der Waals surface area contributed by atoms with Crippen molar-refractivity contribution in [2.75, 3.05) is 5.32 Å². The van der Waals surface area contributed by atoms with E-state index in [2.05, 4.69) is 20.8 Å². The molecule has 0 saturated heterocycles. The van der Waals surface area contributed by atoms with Crippen molar-refractivity contribution >= 4 is 28.4 Å². The highest BCUT2D eigenvalue weighted by atomic mass is 16.3. The highest BCUT2D eigenvalue weighted by molar-refractivity contribution is 6.14. The van der Waals surface area contributed by atoms with Gasteiger partial charge in [-0.05, 0) is 38.1 Å². The van der Waals surface area contributed by atoms with Gasteiger partial charge in [0.15, 0.2) is 5.69 Å². The standard InChI is InChI=1S/C26H25N7O3/c1-15-23(16(2)33(4)30-15)21-12-19(18-9-5-6-10-20(18)28-21)25(34)29-22-14-32(3)31-24(22)26(35)27-13-17-8-7-11-36-17/h5-12,14H,13H2,1-4H3,(H,27,35)(H,29,34). The number of para-hydroxylation sites is 1. The lowest BCUT2D eigenvalue weighted by atomic mass is 10.0. The van der Waals surface area contributed by atoms with Gasteiger partial charge in [-0.2, -0.15) is 10.2 Å². The number of carbonyl (C=O) groups excluding carboxylic acids is 2. The van der Waals surface area contributed by atoms with Crippen molar-refractivity contribution in [1.82, 2.24) is 29.9 Å². The fourth-order valence-electron chi connectivity index (χ4n) is 4.24. The normalized spacial score (nSPS) is 11.1. The minimum absolute atomic E-state index is 0.106. The van der Waals surface area contributed by atoms with Crippen LogP contribution in [-0.2, 0) is 20.6 Å². The van der Waals surface area contributed by atoms with Gasteiger partial charge in [0.05, 0.1) is 41.0 Å². The minimum Gasteiger partial charge on any atom is -0.467 e. The van der Waals surface area contributed by atoms with Crippen LogP contribution in [0.25, 0.3) is 22.2 Å². The summed E-state index contributed by atoms with van der Waals surface area (Å²) in [5.74, 6) is -0.187. The average Bonchev–Trinajstić information content (AvgIpc) is 3.56. The van der Waals surface area contributed by atoms with E-state index < -0.39 is 5.91 Å². The Labute approximate surface area is 206 Å². The van der Waals surface area contributed by atoms with Crippen LogP contribution in [0.15, 0.2) is 59.3 Å². The molecule has 0 bridgehead atoms. The van der Waals surface area contributed by atoms with Crippen LogP contribution in [0.2, 0.25) is 0 Å². The van der Waals surface area contributed by atoms with E-state index >= 15 is 0 Å². The monoisotopic (exact) mass is 483 g/mol. The number of benzene rings is 1. The molecule has 36 heavy (non-hydrogen) atoms. The summed E-state index contributed by atoms with van der Waals surface area (Å²) < 4.78 is 8.54. The number of nitrogens with zero attached hydrogens (tertiary/aromatic N) is 5. The SMILES string of the molecule is Cc1nn(C)c(C)c1-c1cc(C(=O)Nc2cn(C)nc2C(=O)NCc2ccco2)c2ccccc2n1. The van der Waals surface area contributed by atoms with E-state index in [0.29, 0.717) is 33.6 Å². The zero-order chi connectivity index (χ0) is 25.4. The Morgan fingerprint density at radius 1 is 1.03 bits per heavy atom. The predicted molar refractivity (Wildman–Crippen MR) is 134 cm³/mol. The zero-order valence-corrected chi connectivity index (χ0v) is 20.4. The number of nitrogens with one attached hydrogen (secondary N) is 2. The Kier molecular flexibility index (Phi) is 5.85. The molecule has 0 aliphatic heterocycles. The van der Waals surface area contributed by atoms with Gasteiger partial charge >= 0.3 is 0 Å². The first-order chi connectivity index (χ1) is 17.3. The van der Waals surface area contributed by atoms with E-state index in [9.17, 15) is 9.59 Å². The number of hydrogen-bond donors (Lipinski definition) is 2. The fraction of sp³-hybridized carbons (Fsp3) is 0.192. The molecule has 0 radical (unpaired) electrons. The van der Waals surface area contributed by atoms with Crippen molar-refractivity contribution in [1.29, 1.82) is 0 Å². The van der Waals surface area contributed by atoms with Crippen LogP contribution in [0.4, 0.5) is 5.69 Å². The summed E-state index contributed by atoms with van der Waals surface area (Å²) in [6.45, 7) is 4.09. The van der Waals surface area contributed by atoms with Crippen molar-refractivity contribution in [3.8, 4) is 11.3 Å². The third-order valence-corrected chi connectivity index (χ3v) is 6.02. The molecule has 0 atom stereocenters. The molecule has 2 amide bonds. The highest BCUT2D eigenvalue weighted by Gasteiger charge is 2.22. The van der Waals surface area contributed by atoms with Crippen LogP contribution in [0.5, 0.6) is 0 Å². The number of hydrogen-bond acceptors (Lipinski definition) is 6. The molecular weight excluding hydrogens is 458 g/mol. The van der Waals surface area contributed by atoms with Gasteiger partial charge in [0.2, 0.25) is 0 Å². The Morgan fingerprint density at radius 3 is 2.56 bits per heavy atom. The largest absolute Gasteiger partial charge is 0.467 e.